The lowest BCUT2D eigenvalue weighted by Gasteiger charge is -2.19. The van der Waals surface area contributed by atoms with E-state index in [2.05, 4.69) is 64.9 Å². The fourth-order valence-corrected chi connectivity index (χ4v) is 2.34. The van der Waals surface area contributed by atoms with Crippen LogP contribution in [-0.4, -0.2) is 27.5 Å². The van der Waals surface area contributed by atoms with E-state index in [0.717, 1.165) is 25.5 Å². The first-order valence-corrected chi connectivity index (χ1v) is 7.51. The highest BCUT2D eigenvalue weighted by molar-refractivity contribution is 5.27. The maximum atomic E-state index is 4.39. The van der Waals surface area contributed by atoms with Gasteiger partial charge in [0.05, 0.1) is 6.54 Å². The van der Waals surface area contributed by atoms with E-state index in [0.29, 0.717) is 6.04 Å². The molecule has 0 bridgehead atoms. The lowest BCUT2D eigenvalue weighted by Crippen LogP contribution is -2.24. The van der Waals surface area contributed by atoms with Gasteiger partial charge in [0.1, 0.15) is 5.82 Å². The van der Waals surface area contributed by atoms with Crippen molar-refractivity contribution in [2.45, 2.75) is 39.5 Å². The van der Waals surface area contributed by atoms with Gasteiger partial charge in [0.25, 0.3) is 0 Å². The molecule has 2 aromatic rings. The van der Waals surface area contributed by atoms with E-state index < -0.39 is 0 Å². The molecule has 0 aliphatic carbocycles. The minimum atomic E-state index is 0.503. The third-order valence-electron chi connectivity index (χ3n) is 3.59. The molecule has 4 nitrogen and oxygen atoms in total. The first-order chi connectivity index (χ1) is 10.1. The zero-order valence-electron chi connectivity index (χ0n) is 13.5. The molecule has 0 aliphatic heterocycles. The standard InChI is InChI=1S/C17H26N4/c1-14(2)19-11-15-7-5-6-8-16(15)12-20(3)13-17-18-9-10-21(17)4/h5-10,14,19H,11-13H2,1-4H3. The fourth-order valence-electron chi connectivity index (χ4n) is 2.34. The molecule has 0 saturated carbocycles. The van der Waals surface area contributed by atoms with Gasteiger partial charge in [-0.1, -0.05) is 38.1 Å². The van der Waals surface area contributed by atoms with Crippen LogP contribution in [0.3, 0.4) is 0 Å². The van der Waals surface area contributed by atoms with Gasteiger partial charge in [-0.05, 0) is 18.2 Å². The van der Waals surface area contributed by atoms with Crippen molar-refractivity contribution in [2.75, 3.05) is 7.05 Å². The van der Waals surface area contributed by atoms with Gasteiger partial charge in [0.15, 0.2) is 0 Å². The van der Waals surface area contributed by atoms with Crippen molar-refractivity contribution in [1.29, 1.82) is 0 Å². The maximum absolute atomic E-state index is 4.39. The molecular weight excluding hydrogens is 260 g/mol. The van der Waals surface area contributed by atoms with Crippen LogP contribution in [0.2, 0.25) is 0 Å². The molecule has 0 amide bonds. The van der Waals surface area contributed by atoms with E-state index in [9.17, 15) is 0 Å². The predicted molar refractivity (Wildman–Crippen MR) is 86.8 cm³/mol. The first kappa shape index (κ1) is 15.7. The second-order valence-electron chi connectivity index (χ2n) is 5.93. The summed E-state index contributed by atoms with van der Waals surface area (Å²) in [5.74, 6) is 1.09. The summed E-state index contributed by atoms with van der Waals surface area (Å²) in [6.07, 6.45) is 3.84. The number of imidazole rings is 1. The number of hydrogen-bond donors (Lipinski definition) is 1. The predicted octanol–water partition coefficient (Wildman–Crippen LogP) is 2.55. The lowest BCUT2D eigenvalue weighted by molar-refractivity contribution is 0.306. The van der Waals surface area contributed by atoms with Gasteiger partial charge in [-0.2, -0.15) is 0 Å². The Bertz CT molecular complexity index is 559. The number of rotatable bonds is 7. The molecule has 1 aromatic carbocycles. The SMILES string of the molecule is CC(C)NCc1ccccc1CN(C)Cc1nccn1C. The molecule has 1 heterocycles. The first-order valence-electron chi connectivity index (χ1n) is 7.51. The van der Waals surface area contributed by atoms with Crippen molar-refractivity contribution in [2.24, 2.45) is 7.05 Å². The third-order valence-corrected chi connectivity index (χ3v) is 3.59. The van der Waals surface area contributed by atoms with Crippen molar-refractivity contribution in [1.82, 2.24) is 19.8 Å². The lowest BCUT2D eigenvalue weighted by atomic mass is 10.1. The van der Waals surface area contributed by atoms with Gasteiger partial charge in [0, 0.05) is 38.6 Å². The summed E-state index contributed by atoms with van der Waals surface area (Å²) >= 11 is 0. The fraction of sp³-hybridized carbons (Fsp3) is 0.471. The van der Waals surface area contributed by atoms with E-state index in [-0.39, 0.29) is 0 Å². The van der Waals surface area contributed by atoms with Gasteiger partial charge in [0.2, 0.25) is 0 Å². The monoisotopic (exact) mass is 286 g/mol. The summed E-state index contributed by atoms with van der Waals surface area (Å²) in [6, 6.07) is 9.15. The van der Waals surface area contributed by atoms with Crippen LogP contribution in [0, 0.1) is 0 Å². The second kappa shape index (κ2) is 7.38. The maximum Gasteiger partial charge on any atom is 0.122 e. The highest BCUT2D eigenvalue weighted by Crippen LogP contribution is 2.12. The molecule has 1 N–H and O–H groups in total. The van der Waals surface area contributed by atoms with Crippen molar-refractivity contribution in [3.8, 4) is 0 Å². The topological polar surface area (TPSA) is 33.1 Å². The highest BCUT2D eigenvalue weighted by Gasteiger charge is 2.08. The summed E-state index contributed by atoms with van der Waals surface area (Å²) in [4.78, 5) is 6.69. The average molecular weight is 286 g/mol. The zero-order chi connectivity index (χ0) is 15.2. The average Bonchev–Trinajstić information content (AvgIpc) is 2.83. The Morgan fingerprint density at radius 2 is 1.90 bits per heavy atom. The van der Waals surface area contributed by atoms with Gasteiger partial charge in [-0.15, -0.1) is 0 Å². The Morgan fingerprint density at radius 3 is 2.52 bits per heavy atom. The molecule has 0 unspecified atom stereocenters. The molecule has 0 aliphatic rings. The van der Waals surface area contributed by atoms with E-state index in [1.807, 2.05) is 19.4 Å². The van der Waals surface area contributed by atoms with Gasteiger partial charge >= 0.3 is 0 Å². The van der Waals surface area contributed by atoms with Crippen LogP contribution >= 0.6 is 0 Å². The molecule has 4 heteroatoms. The van der Waals surface area contributed by atoms with E-state index in [1.165, 1.54) is 11.1 Å². The summed E-state index contributed by atoms with van der Waals surface area (Å²) in [7, 11) is 4.18. The number of benzene rings is 1. The largest absolute Gasteiger partial charge is 0.337 e. The minimum Gasteiger partial charge on any atom is -0.337 e. The summed E-state index contributed by atoms with van der Waals surface area (Å²) in [5.41, 5.74) is 2.75. The van der Waals surface area contributed by atoms with Crippen molar-refractivity contribution >= 4 is 0 Å². The van der Waals surface area contributed by atoms with Crippen LogP contribution in [-0.2, 0) is 26.7 Å². The van der Waals surface area contributed by atoms with E-state index in [1.54, 1.807) is 0 Å². The van der Waals surface area contributed by atoms with Gasteiger partial charge in [-0.25, -0.2) is 4.98 Å². The highest BCUT2D eigenvalue weighted by atomic mass is 15.1. The van der Waals surface area contributed by atoms with E-state index >= 15 is 0 Å². The second-order valence-corrected chi connectivity index (χ2v) is 5.93. The van der Waals surface area contributed by atoms with Crippen molar-refractivity contribution in [3.05, 3.63) is 53.6 Å². The smallest absolute Gasteiger partial charge is 0.122 e. The normalized spacial score (nSPS) is 11.5. The summed E-state index contributed by atoms with van der Waals surface area (Å²) in [5, 5.41) is 3.50. The Labute approximate surface area is 127 Å². The van der Waals surface area contributed by atoms with Crippen LogP contribution in [0.1, 0.15) is 30.8 Å². The zero-order valence-corrected chi connectivity index (χ0v) is 13.5. The Hall–Kier alpha value is -1.65. The van der Waals surface area contributed by atoms with Crippen molar-refractivity contribution in [3.63, 3.8) is 0 Å². The minimum absolute atomic E-state index is 0.503. The molecular formula is C17H26N4. The molecule has 114 valence electrons. The number of nitrogens with zero attached hydrogens (tertiary/aromatic N) is 3. The van der Waals surface area contributed by atoms with Crippen LogP contribution in [0.4, 0.5) is 0 Å². The van der Waals surface area contributed by atoms with Crippen LogP contribution in [0.15, 0.2) is 36.7 Å². The van der Waals surface area contributed by atoms with Crippen LogP contribution in [0.25, 0.3) is 0 Å². The van der Waals surface area contributed by atoms with Crippen LogP contribution in [0.5, 0.6) is 0 Å². The molecule has 0 saturated heterocycles. The molecule has 1 aromatic heterocycles. The molecule has 0 spiro atoms. The van der Waals surface area contributed by atoms with Crippen molar-refractivity contribution < 1.29 is 0 Å². The van der Waals surface area contributed by atoms with Gasteiger partial charge < -0.3 is 9.88 Å². The molecule has 21 heavy (non-hydrogen) atoms. The van der Waals surface area contributed by atoms with Gasteiger partial charge in [-0.3, -0.25) is 4.90 Å². The molecule has 0 atom stereocenters. The summed E-state index contributed by atoms with van der Waals surface area (Å²) in [6.45, 7) is 7.06. The van der Waals surface area contributed by atoms with Crippen LogP contribution < -0.4 is 5.32 Å². The molecule has 2 rings (SSSR count). The molecule has 0 fully saturated rings. The number of nitrogens with one attached hydrogen (secondary N) is 1. The Morgan fingerprint density at radius 1 is 1.19 bits per heavy atom. The van der Waals surface area contributed by atoms with E-state index in [4.69, 9.17) is 0 Å². The number of aryl methyl sites for hydroxylation is 1. The number of hydrogen-bond acceptors (Lipinski definition) is 3. The quantitative estimate of drug-likeness (QED) is 0.849. The Balaban J connectivity index is 2.00. The Kier molecular flexibility index (Phi) is 5.53. The summed E-state index contributed by atoms with van der Waals surface area (Å²) < 4.78 is 2.07. The number of aromatic nitrogens is 2. The third kappa shape index (κ3) is 4.69. The molecule has 0 radical (unpaired) electrons.